The molecule has 0 bridgehead atoms. The molecule has 0 aliphatic carbocycles. The number of rotatable bonds is 27. The van der Waals surface area contributed by atoms with E-state index < -0.39 is 347 Å². The number of ether oxygens (including phenoxy) is 17. The molecule has 10 aliphatic rings. The molecule has 0 aromatic carbocycles. The summed E-state index contributed by atoms with van der Waals surface area (Å²) in [5.74, 6) is -1.56. The fourth-order valence-corrected chi connectivity index (χ4v) is 14.0. The molecule has 10 rings (SSSR count). The molecule has 0 radical (unpaired) electrons. The van der Waals surface area contributed by atoms with Gasteiger partial charge in [-0.3, -0.25) is 14.9 Å². The summed E-state index contributed by atoms with van der Waals surface area (Å²) in [5, 5.41) is 295. The molecule has 10 heterocycles. The van der Waals surface area contributed by atoms with Crippen LogP contribution in [0.5, 0.6) is 0 Å². The molecule has 48 heteroatoms. The van der Waals surface area contributed by atoms with Crippen molar-refractivity contribution in [3.8, 4) is 0 Å². The number of amides is 2. The maximum absolute atomic E-state index is 13.0. The number of aliphatic hydroxyl groups is 26. The normalized spacial score (nSPS) is 52.2. The van der Waals surface area contributed by atoms with Crippen molar-refractivity contribution in [1.82, 2.24) is 16.0 Å². The predicted octanol–water partition coefficient (Wildman–Crippen LogP) is -20.4. The van der Waals surface area contributed by atoms with Crippen molar-refractivity contribution in [2.45, 2.75) is 290 Å². The van der Waals surface area contributed by atoms with Gasteiger partial charge in [0.15, 0.2) is 56.0 Å². The molecule has 29 N–H and O–H groups in total. The topological polar surface area (TPSA) is 763 Å². The molecule has 0 aromatic rings. The van der Waals surface area contributed by atoms with Crippen molar-refractivity contribution in [3.05, 3.63) is 0 Å². The minimum absolute atomic E-state index is 0.654. The first-order valence-electron chi connectivity index (χ1n) is 33.8. The van der Waals surface area contributed by atoms with Gasteiger partial charge in [0.2, 0.25) is 11.8 Å². The molecule has 0 spiro atoms. The van der Waals surface area contributed by atoms with Crippen LogP contribution in [0.2, 0.25) is 0 Å². The Labute approximate surface area is 598 Å². The molecule has 10 aliphatic heterocycles. The Kier molecular flexibility index (Phi) is 29.2. The molecule has 0 saturated carbocycles. The number of carbonyl (C=O) groups excluding carboxylic acids is 2. The van der Waals surface area contributed by atoms with E-state index in [-0.39, 0.29) is 0 Å². The summed E-state index contributed by atoms with van der Waals surface area (Å²) in [6, 6.07) is -1.86. The lowest BCUT2D eigenvalue weighted by Gasteiger charge is -2.51. The lowest BCUT2D eigenvalue weighted by Crippen LogP contribution is -2.70. The van der Waals surface area contributed by atoms with Gasteiger partial charge < -0.3 is 224 Å². The summed E-state index contributed by atoms with van der Waals surface area (Å²) in [4.78, 5) is 25.2. The van der Waals surface area contributed by atoms with Gasteiger partial charge in [-0.1, -0.05) is 0 Å². The highest BCUT2D eigenvalue weighted by Gasteiger charge is 2.69. The zero-order valence-corrected chi connectivity index (χ0v) is 56.2. The van der Waals surface area contributed by atoms with Crippen molar-refractivity contribution < 1.29 is 223 Å². The second kappa shape index (κ2) is 36.1. The maximum Gasteiger partial charge on any atom is 0.218 e. The zero-order valence-electron chi connectivity index (χ0n) is 56.2. The minimum atomic E-state index is -2.55. The van der Waals surface area contributed by atoms with Crippen molar-refractivity contribution in [2.75, 3.05) is 59.5 Å². The van der Waals surface area contributed by atoms with E-state index in [0.29, 0.717) is 0 Å². The molecule has 614 valence electrons. The van der Waals surface area contributed by atoms with Gasteiger partial charge in [-0.05, 0) is 0 Å². The van der Waals surface area contributed by atoms with Crippen LogP contribution in [0.15, 0.2) is 0 Å². The Morgan fingerprint density at radius 2 is 0.613 bits per heavy atom. The van der Waals surface area contributed by atoms with Gasteiger partial charge in [0.1, 0.15) is 220 Å². The second-order valence-electron chi connectivity index (χ2n) is 27.1. The summed E-state index contributed by atoms with van der Waals surface area (Å²) in [6.07, 6.45) is -89.1. The molecule has 10 fully saturated rings. The van der Waals surface area contributed by atoms with Gasteiger partial charge in [-0.15, -0.1) is 0 Å². The smallest absolute Gasteiger partial charge is 0.218 e. The highest BCUT2D eigenvalue weighted by Crippen LogP contribution is 2.43. The van der Waals surface area contributed by atoms with Crippen molar-refractivity contribution in [1.29, 1.82) is 0 Å². The molecular weight excluding hydrogens is 1460 g/mol. The summed E-state index contributed by atoms with van der Waals surface area (Å²) in [6.45, 7) is -7.56. The van der Waals surface area contributed by atoms with Crippen molar-refractivity contribution in [3.63, 3.8) is 0 Å². The van der Waals surface area contributed by atoms with E-state index >= 15 is 0 Å². The number of nitrogens with one attached hydrogen (secondary N) is 3. The van der Waals surface area contributed by atoms with Gasteiger partial charge in [0.25, 0.3) is 0 Å². The first-order valence-corrected chi connectivity index (χ1v) is 33.8. The Bertz CT molecular complexity index is 2790. The SMILES string of the molecule is CC(=O)N[C@H]1[C@H](O[C@@H]2[C@@H](CO)O[C@@H]3N[C@@]3(NC(C)=O)[C@H]2O)O[C@H](CO)[C@@H](O[C@@H]2O[C@H](CO[C@H]3O[C@H](CO)[C@@H](O)[C@H](O[C@H]4O[C@H](CO)[C@@H](O)[C@H](O)[C@@H]4O[C@H]4O[C@H](CO)[C@@H](O)[C@H](O)[C@@H]4O)[C@@H]3O)[C@@H](O)[C@H](O[C@H]3O[C@H](CO)[C@@H](O)[C@H](O)[C@@H]3O[C@H]3O[C@H](CO)[C@@H](O)[C@H](O)[C@@H]3O[C@H]3O[C@H](CO)[C@@H](O)[C@H](O)[C@@H]3O)[C@@H]2O)[C@@H]1O. The van der Waals surface area contributed by atoms with Gasteiger partial charge in [0, 0.05) is 13.8 Å². The molecule has 2 amide bonds. The van der Waals surface area contributed by atoms with Crippen LogP contribution in [0.4, 0.5) is 0 Å². The van der Waals surface area contributed by atoms with E-state index in [1.165, 1.54) is 0 Å². The number of hydrogen-bond donors (Lipinski definition) is 29. The number of aliphatic hydroxyl groups excluding tert-OH is 26. The quantitative estimate of drug-likeness (QED) is 0.0340. The summed E-state index contributed by atoms with van der Waals surface area (Å²) < 4.78 is 99.7. The maximum atomic E-state index is 13.0. The van der Waals surface area contributed by atoms with Crippen LogP contribution in [0, 0.1) is 0 Å². The molecule has 0 unspecified atom stereocenters. The first-order chi connectivity index (χ1) is 50.3. The Balaban J connectivity index is 0.962. The minimum Gasteiger partial charge on any atom is -0.394 e. The number of hydrogen-bond acceptors (Lipinski definition) is 46. The molecule has 45 atom stereocenters. The number of fused-ring (bicyclic) bond motifs is 1. The fourth-order valence-electron chi connectivity index (χ4n) is 14.0. The van der Waals surface area contributed by atoms with Crippen LogP contribution in [0.1, 0.15) is 13.8 Å². The average Bonchev–Trinajstić information content (AvgIpc) is 1.54. The van der Waals surface area contributed by atoms with Crippen LogP contribution in [0.3, 0.4) is 0 Å². The highest BCUT2D eigenvalue weighted by molar-refractivity contribution is 5.75. The van der Waals surface area contributed by atoms with Crippen molar-refractivity contribution >= 4 is 11.8 Å². The molecule has 106 heavy (non-hydrogen) atoms. The average molecular weight is 1560 g/mol. The first kappa shape index (κ1) is 85.6. The van der Waals surface area contributed by atoms with E-state index in [2.05, 4.69) is 16.0 Å². The third-order valence-corrected chi connectivity index (χ3v) is 20.0. The van der Waals surface area contributed by atoms with Crippen LogP contribution < -0.4 is 16.0 Å². The standard InChI is InChI=1S/C58H97N3O45/c1-12(70)59-23-31(79)41(20(9-68)97-49(23)101-42-21(10-69)99-57-58(61-57,48(42)89)60-13(2)71)100-53-40(88)44(103-55-47(36(84)28(76)17(6-65)95-55)106-56-46(35(83)27(75)18(7-66)96-56)105-52-38(86)33(81)25(73)15(4-63)93-52)30(78)22(98-53)11-90-50-39(87)43(29(77)19(8-67)91-50)102-54-45(34(82)26(74)16(5-64)94-54)104-51-37(85)32(80)24(72)14(3-62)92-51/h14-57,61-69,72-89H,3-11H2,1-2H3,(H,59,70)(H,60,71)/t14-,15-,16-,17-,18-,19-,20-,21-,22-,23-,24-,25-,26-,27-,28-,29-,30-,31-,32+,33+,34+,35+,36+,37+,38+,39+,40+,41-,42-,43+,44+,45+,46+,47+,48+,49+,50+,51-,52-,53+,54-,55-,56-,57+,58+/m1/s1. The monoisotopic (exact) mass is 1560 g/mol. The van der Waals surface area contributed by atoms with Crippen LogP contribution in [-0.4, -0.2) is 480 Å². The predicted molar refractivity (Wildman–Crippen MR) is 320 cm³/mol. The largest absolute Gasteiger partial charge is 0.394 e. The summed E-state index contributed by atoms with van der Waals surface area (Å²) >= 11 is 0. The van der Waals surface area contributed by atoms with Crippen LogP contribution in [0.25, 0.3) is 0 Å². The summed E-state index contributed by atoms with van der Waals surface area (Å²) in [5.41, 5.74) is -1.69. The van der Waals surface area contributed by atoms with Gasteiger partial charge in [-0.2, -0.15) is 0 Å². The van der Waals surface area contributed by atoms with E-state index in [1.54, 1.807) is 0 Å². The Morgan fingerprint density at radius 3 is 1.03 bits per heavy atom. The van der Waals surface area contributed by atoms with Gasteiger partial charge >= 0.3 is 0 Å². The van der Waals surface area contributed by atoms with E-state index in [1.807, 2.05) is 0 Å². The van der Waals surface area contributed by atoms with Crippen molar-refractivity contribution in [2.24, 2.45) is 0 Å². The van der Waals surface area contributed by atoms with Crippen LogP contribution >= 0.6 is 0 Å². The Morgan fingerprint density at radius 1 is 0.302 bits per heavy atom. The lowest BCUT2D eigenvalue weighted by atomic mass is 9.94. The van der Waals surface area contributed by atoms with E-state index in [0.717, 1.165) is 13.8 Å². The van der Waals surface area contributed by atoms with E-state index in [4.69, 9.17) is 80.5 Å². The van der Waals surface area contributed by atoms with Crippen LogP contribution in [-0.2, 0) is 90.1 Å². The number of carbonyl (C=O) groups is 2. The summed E-state index contributed by atoms with van der Waals surface area (Å²) in [7, 11) is 0. The highest BCUT2D eigenvalue weighted by atomic mass is 16.8. The third-order valence-electron chi connectivity index (χ3n) is 20.0. The molecule has 0 aromatic heterocycles. The Hall–Kier alpha value is -2.82. The fraction of sp³-hybridized carbons (Fsp3) is 0.966. The molecular formula is C58H97N3O45. The van der Waals surface area contributed by atoms with Gasteiger partial charge in [0.05, 0.1) is 59.5 Å². The van der Waals surface area contributed by atoms with E-state index in [9.17, 15) is 142 Å². The van der Waals surface area contributed by atoms with Gasteiger partial charge in [-0.25, -0.2) is 0 Å². The lowest BCUT2D eigenvalue weighted by molar-refractivity contribution is -0.408. The zero-order chi connectivity index (χ0) is 77.6. The molecule has 48 nitrogen and oxygen atoms in total. The second-order valence-corrected chi connectivity index (χ2v) is 27.1. The molecule has 10 saturated heterocycles. The third kappa shape index (κ3) is 17.3.